The lowest BCUT2D eigenvalue weighted by atomic mass is 10.2. The van der Waals surface area contributed by atoms with Crippen LogP contribution in [0.4, 0.5) is 0 Å². The predicted octanol–water partition coefficient (Wildman–Crippen LogP) is -0.561. The first kappa shape index (κ1) is 16.5. The fourth-order valence-corrected chi connectivity index (χ4v) is 2.42. The number of aromatic nitrogens is 1. The van der Waals surface area contributed by atoms with Crippen LogP contribution in [0, 0.1) is 10.2 Å². The van der Waals surface area contributed by atoms with E-state index in [0.717, 1.165) is 21.2 Å². The summed E-state index contributed by atoms with van der Waals surface area (Å²) in [4.78, 5) is 0. The molecule has 3 rings (SSSR count). The monoisotopic (exact) mass is 339 g/mol. The maximum absolute atomic E-state index is 8.49. The molecule has 8 heteroatoms. The van der Waals surface area contributed by atoms with Crippen LogP contribution in [0.25, 0.3) is 21.2 Å². The highest BCUT2D eigenvalue weighted by atomic mass is 35.7. The maximum atomic E-state index is 8.49. The van der Waals surface area contributed by atoms with Crippen molar-refractivity contribution in [3.63, 3.8) is 0 Å². The van der Waals surface area contributed by atoms with Crippen LogP contribution in [0.3, 0.4) is 0 Å². The molecule has 1 aromatic heterocycles. The Morgan fingerprint density at radius 2 is 1.23 bits per heavy atom. The van der Waals surface area contributed by atoms with Gasteiger partial charge in [0, 0.05) is 5.56 Å². The quantitative estimate of drug-likeness (QED) is 0.577. The summed E-state index contributed by atoms with van der Waals surface area (Å²) in [6.45, 7) is 0. The largest absolute Gasteiger partial charge is 0.605 e. The standard InChI is InChI=1S/C14H10NOS.ClHO4/c1-3-7-11(8-4-1)13-15-16-14(17-13)12-9-5-2-6-10-12;2-1(3,4)5/h1-10H;(H,2,3,4,5)/q+1;/p-1. The summed E-state index contributed by atoms with van der Waals surface area (Å²) in [5, 5.41) is 5.85. The second-order valence-corrected chi connectivity index (χ2v) is 5.70. The van der Waals surface area contributed by atoms with Gasteiger partial charge >= 0.3 is 16.4 Å². The van der Waals surface area contributed by atoms with Gasteiger partial charge in [-0.3, -0.25) is 0 Å². The van der Waals surface area contributed by atoms with E-state index in [1.807, 2.05) is 60.7 Å². The van der Waals surface area contributed by atoms with Gasteiger partial charge in [-0.05, 0) is 12.1 Å². The summed E-state index contributed by atoms with van der Waals surface area (Å²) < 4.78 is 39.3. The van der Waals surface area contributed by atoms with Gasteiger partial charge in [0.2, 0.25) is 5.01 Å². The topological polar surface area (TPSA) is 118 Å². The highest BCUT2D eigenvalue weighted by molar-refractivity contribution is 7.17. The molecular formula is C14H10ClNO5S. The van der Waals surface area contributed by atoms with Gasteiger partial charge in [-0.25, -0.2) is 23.2 Å². The number of halogens is 1. The Bertz CT molecular complexity index is 640. The molecule has 0 saturated heterocycles. The van der Waals surface area contributed by atoms with Crippen LogP contribution in [0.2, 0.25) is 0 Å². The zero-order chi connectivity index (χ0) is 16.0. The number of hydrogen-bond acceptors (Lipinski definition) is 4. The van der Waals surface area contributed by atoms with Gasteiger partial charge in [-0.1, -0.05) is 48.5 Å². The van der Waals surface area contributed by atoms with Crippen LogP contribution in [0.1, 0.15) is 0 Å². The average Bonchev–Trinajstić information content (AvgIpc) is 2.97. The summed E-state index contributed by atoms with van der Waals surface area (Å²) in [6.07, 6.45) is 0. The summed E-state index contributed by atoms with van der Waals surface area (Å²) >= 11 is 1.56. The first-order chi connectivity index (χ1) is 10.4. The van der Waals surface area contributed by atoms with Crippen LogP contribution in [-0.2, 0) is 0 Å². The fraction of sp³-hybridized carbons (Fsp3) is 0. The molecule has 0 aliphatic carbocycles. The van der Waals surface area contributed by atoms with Crippen molar-refractivity contribution in [3.8, 4) is 21.2 Å². The minimum Gasteiger partial charge on any atom is -0.222 e. The van der Waals surface area contributed by atoms with Crippen LogP contribution in [-0.4, -0.2) is 0 Å². The molecule has 6 nitrogen and oxygen atoms in total. The van der Waals surface area contributed by atoms with E-state index >= 15 is 0 Å². The van der Waals surface area contributed by atoms with Crippen LogP contribution < -0.4 is 23.8 Å². The Morgan fingerprint density at radius 1 is 0.773 bits per heavy atom. The number of hydrogen-bond donors (Lipinski definition) is 0. The minimum absolute atomic E-state index is 0.837. The lowest BCUT2D eigenvalue weighted by Gasteiger charge is -2.17. The molecule has 2 aromatic carbocycles. The maximum Gasteiger partial charge on any atom is 0.605 e. The van der Waals surface area contributed by atoms with Crippen molar-refractivity contribution in [1.29, 1.82) is 0 Å². The fourth-order valence-electron chi connectivity index (χ4n) is 1.59. The Labute approximate surface area is 132 Å². The zero-order valence-electron chi connectivity index (χ0n) is 11.0. The lowest BCUT2D eigenvalue weighted by molar-refractivity contribution is -2.00. The van der Waals surface area contributed by atoms with Crippen molar-refractivity contribution in [2.45, 2.75) is 0 Å². The Hall–Kier alpha value is -1.87. The van der Waals surface area contributed by atoms with Crippen molar-refractivity contribution in [3.05, 3.63) is 60.7 Å². The van der Waals surface area contributed by atoms with Crippen molar-refractivity contribution in [1.82, 2.24) is 5.16 Å². The van der Waals surface area contributed by atoms with E-state index in [-0.39, 0.29) is 0 Å². The van der Waals surface area contributed by atoms with Crippen LogP contribution in [0.5, 0.6) is 0 Å². The molecule has 0 N–H and O–H groups in total. The SMILES string of the molecule is [O-][Cl+3]([O-])([O-])[O-].c1ccc(-c2[n-][o+]c(-c3ccccc3)[s+]2)cc1. The van der Waals surface area contributed by atoms with Crippen molar-refractivity contribution in [2.24, 2.45) is 0 Å². The Kier molecular flexibility index (Phi) is 5.56. The first-order valence-electron chi connectivity index (χ1n) is 5.96. The third kappa shape index (κ3) is 5.49. The molecule has 0 radical (unpaired) electrons. The predicted molar refractivity (Wildman–Crippen MR) is 69.6 cm³/mol. The average molecular weight is 340 g/mol. The zero-order valence-corrected chi connectivity index (χ0v) is 12.6. The van der Waals surface area contributed by atoms with E-state index < -0.39 is 10.2 Å². The van der Waals surface area contributed by atoms with Gasteiger partial charge < -0.3 is 0 Å². The molecule has 0 atom stereocenters. The molecular weight excluding hydrogens is 330 g/mol. The highest BCUT2D eigenvalue weighted by Crippen LogP contribution is 2.30. The molecule has 114 valence electrons. The Morgan fingerprint density at radius 3 is 1.73 bits per heavy atom. The normalized spacial score (nSPS) is 10.7. The first-order valence-corrected chi connectivity index (χ1v) is 8.01. The van der Waals surface area contributed by atoms with Gasteiger partial charge in [-0.2, -0.15) is 5.16 Å². The molecule has 0 unspecified atom stereocenters. The van der Waals surface area contributed by atoms with Crippen LogP contribution >= 0.6 is 11.3 Å². The molecule has 0 fully saturated rings. The highest BCUT2D eigenvalue weighted by Gasteiger charge is 2.26. The molecule has 0 amide bonds. The van der Waals surface area contributed by atoms with Gasteiger partial charge in [0.25, 0.3) is 0 Å². The van der Waals surface area contributed by atoms with Crippen molar-refractivity contribution < 1.29 is 33.4 Å². The van der Waals surface area contributed by atoms with E-state index in [0.29, 0.717) is 0 Å². The molecule has 3 aromatic rings. The Balaban J connectivity index is 0.000000309. The second-order valence-electron chi connectivity index (χ2n) is 3.99. The molecule has 0 aliphatic heterocycles. The summed E-state index contributed by atoms with van der Waals surface area (Å²) in [6, 6.07) is 20.1. The van der Waals surface area contributed by atoms with Gasteiger partial charge in [0.1, 0.15) is 5.56 Å². The van der Waals surface area contributed by atoms with E-state index in [1.54, 1.807) is 11.3 Å². The third-order valence-electron chi connectivity index (χ3n) is 2.43. The molecule has 0 spiro atoms. The molecule has 0 bridgehead atoms. The molecule has 1 heterocycles. The van der Waals surface area contributed by atoms with E-state index in [2.05, 4.69) is 5.16 Å². The summed E-state index contributed by atoms with van der Waals surface area (Å²) in [7, 11) is -4.94. The molecule has 0 aliphatic rings. The van der Waals surface area contributed by atoms with Gasteiger partial charge in [0.15, 0.2) is 0 Å². The van der Waals surface area contributed by atoms with Crippen molar-refractivity contribution in [2.75, 3.05) is 0 Å². The minimum atomic E-state index is -4.94. The van der Waals surface area contributed by atoms with Crippen LogP contribution in [0.15, 0.2) is 65.2 Å². The summed E-state index contributed by atoms with van der Waals surface area (Å²) in [5.74, 6) is 0. The molecule has 0 saturated carbocycles. The summed E-state index contributed by atoms with van der Waals surface area (Å²) in [5.41, 5.74) is 2.15. The number of rotatable bonds is 2. The third-order valence-corrected chi connectivity index (χ3v) is 3.43. The van der Waals surface area contributed by atoms with Gasteiger partial charge in [0.05, 0.1) is 0 Å². The van der Waals surface area contributed by atoms with Gasteiger partial charge in [-0.15, -0.1) is 10.2 Å². The van der Waals surface area contributed by atoms with E-state index in [9.17, 15) is 0 Å². The second kappa shape index (κ2) is 7.41. The molecule has 22 heavy (non-hydrogen) atoms. The number of benzene rings is 2. The lowest BCUT2D eigenvalue weighted by Crippen LogP contribution is -2.68. The van der Waals surface area contributed by atoms with Crippen molar-refractivity contribution >= 4 is 11.3 Å². The van der Waals surface area contributed by atoms with E-state index in [1.165, 1.54) is 0 Å². The van der Waals surface area contributed by atoms with E-state index in [4.69, 9.17) is 23.2 Å². The number of nitrogens with zero attached hydrogens (tertiary/aromatic N) is 1. The smallest absolute Gasteiger partial charge is 0.222 e.